The molecule has 1 aliphatic heterocycles. The van der Waals surface area contributed by atoms with Gasteiger partial charge in [0.2, 0.25) is 17.8 Å². The minimum absolute atomic E-state index is 0.0289. The van der Waals surface area contributed by atoms with E-state index in [1.54, 1.807) is 6.20 Å². The lowest BCUT2D eigenvalue weighted by Crippen LogP contribution is -2.39. The van der Waals surface area contributed by atoms with Gasteiger partial charge in [-0.15, -0.1) is 0 Å². The molecule has 2 aliphatic rings. The Morgan fingerprint density at radius 3 is 2.57 bits per heavy atom. The third kappa shape index (κ3) is 5.28. The number of nitrogens with one attached hydrogen (secondary N) is 2. The van der Waals surface area contributed by atoms with E-state index in [9.17, 15) is 14.4 Å². The van der Waals surface area contributed by atoms with Gasteiger partial charge in [-0.3, -0.25) is 9.36 Å². The Balaban J connectivity index is 1.53. The first-order chi connectivity index (χ1) is 17.8. The molecule has 10 nitrogen and oxygen atoms in total. The summed E-state index contributed by atoms with van der Waals surface area (Å²) in [5.74, 6) is 0.253. The Kier molecular flexibility index (Phi) is 7.33. The lowest BCUT2D eigenvalue weighted by atomic mass is 9.85. The number of primary amides is 1. The molecule has 2 aromatic heterocycles. The van der Waals surface area contributed by atoms with Gasteiger partial charge in [-0.05, 0) is 44.2 Å². The van der Waals surface area contributed by atoms with Gasteiger partial charge in [0, 0.05) is 18.6 Å². The average Bonchev–Trinajstić information content (AvgIpc) is 3.24. The van der Waals surface area contributed by atoms with Crippen LogP contribution in [0.4, 0.5) is 22.0 Å². The number of rotatable bonds is 6. The maximum absolute atomic E-state index is 14.3. The van der Waals surface area contributed by atoms with E-state index in [4.69, 9.17) is 43.6 Å². The van der Waals surface area contributed by atoms with Crippen LogP contribution in [0.3, 0.4) is 0 Å². The number of ether oxygens (including phenoxy) is 1. The van der Waals surface area contributed by atoms with E-state index in [-0.39, 0.29) is 40.5 Å². The summed E-state index contributed by atoms with van der Waals surface area (Å²) in [6, 6.07) is 4.56. The molecule has 0 unspecified atom stereocenters. The van der Waals surface area contributed by atoms with Crippen LogP contribution >= 0.6 is 23.2 Å². The van der Waals surface area contributed by atoms with Crippen LogP contribution < -0.4 is 16.4 Å². The molecule has 0 radical (unpaired) electrons. The summed E-state index contributed by atoms with van der Waals surface area (Å²) in [6.45, 7) is 0.489. The van der Waals surface area contributed by atoms with Gasteiger partial charge < -0.3 is 21.1 Å². The van der Waals surface area contributed by atoms with Crippen LogP contribution in [0, 0.1) is 17.2 Å². The van der Waals surface area contributed by atoms with Gasteiger partial charge in [0.15, 0.2) is 5.65 Å². The van der Waals surface area contributed by atoms with Gasteiger partial charge in [0.1, 0.15) is 11.7 Å². The molecule has 1 aromatic carbocycles. The zero-order valence-electron chi connectivity index (χ0n) is 19.8. The van der Waals surface area contributed by atoms with Crippen molar-refractivity contribution in [2.45, 2.75) is 50.4 Å². The monoisotopic (exact) mass is 546 g/mol. The van der Waals surface area contributed by atoms with Crippen molar-refractivity contribution in [1.82, 2.24) is 19.5 Å². The van der Waals surface area contributed by atoms with Crippen molar-refractivity contribution in [1.29, 1.82) is 5.26 Å². The lowest BCUT2D eigenvalue weighted by molar-refractivity contribution is -0.122. The van der Waals surface area contributed by atoms with Crippen LogP contribution in [0.2, 0.25) is 10.0 Å². The highest BCUT2D eigenvalue weighted by Gasteiger charge is 2.30. The van der Waals surface area contributed by atoms with Gasteiger partial charge in [-0.2, -0.15) is 10.2 Å². The number of alkyl halides is 1. The summed E-state index contributed by atoms with van der Waals surface area (Å²) in [7, 11) is 0. The number of amides is 1. The molecule has 194 valence electrons. The number of hydrogen-bond donors (Lipinski definition) is 3. The third-order valence-corrected chi connectivity index (χ3v) is 7.50. The van der Waals surface area contributed by atoms with E-state index in [0.29, 0.717) is 67.1 Å². The smallest absolute Gasteiger partial charge is 0.225 e. The molecular formula is C24H25Cl2FN8O2. The number of aromatic nitrogens is 4. The van der Waals surface area contributed by atoms with Gasteiger partial charge in [0.25, 0.3) is 0 Å². The van der Waals surface area contributed by atoms with Gasteiger partial charge in [0.05, 0.1) is 46.2 Å². The molecule has 5 rings (SSSR count). The number of fused-ring (bicyclic) bond motifs is 1. The summed E-state index contributed by atoms with van der Waals surface area (Å²) in [5, 5.41) is 16.0. The maximum Gasteiger partial charge on any atom is 0.225 e. The molecule has 2 fully saturated rings. The molecule has 3 aromatic rings. The summed E-state index contributed by atoms with van der Waals surface area (Å²) >= 11 is 12.9. The quantitative estimate of drug-likeness (QED) is 0.409. The minimum atomic E-state index is -1.17. The van der Waals surface area contributed by atoms with Gasteiger partial charge >= 0.3 is 0 Å². The van der Waals surface area contributed by atoms with E-state index in [1.807, 2.05) is 10.6 Å². The second kappa shape index (κ2) is 10.7. The number of nitrogens with two attached hydrogens (primary N) is 1. The molecule has 0 spiro atoms. The Hall–Kier alpha value is -3.20. The van der Waals surface area contributed by atoms with Gasteiger partial charge in [-0.1, -0.05) is 23.2 Å². The fourth-order valence-corrected chi connectivity index (χ4v) is 5.50. The van der Waals surface area contributed by atoms with Crippen LogP contribution in [0.5, 0.6) is 0 Å². The number of carbonyl (C=O) groups is 1. The predicted molar refractivity (Wildman–Crippen MR) is 138 cm³/mol. The number of halogens is 3. The molecule has 1 aliphatic carbocycles. The van der Waals surface area contributed by atoms with Crippen LogP contribution in [0.15, 0.2) is 18.3 Å². The van der Waals surface area contributed by atoms with E-state index < -0.39 is 12.2 Å². The number of carbonyl (C=O) groups excluding carboxylic acids is 1. The fraction of sp³-hybridized carbons (Fsp3) is 0.458. The predicted octanol–water partition coefficient (Wildman–Crippen LogP) is 4.50. The largest absolute Gasteiger partial charge is 0.378 e. The molecular weight excluding hydrogens is 522 g/mol. The van der Waals surface area contributed by atoms with Crippen LogP contribution in [0.1, 0.15) is 43.7 Å². The standard InChI is InChI=1S/C24H25Cl2FN8O2/c25-15-7-12(9-28)8-16(26)20(15)33-24-32-19-10-30-23(31-18-5-6-37-11-17(18)27)34-22(19)35(24)14-3-1-13(2-4-14)21(29)36/h7-8,10,13-14,17-18H,1-6,11H2,(H2,29,36)(H,32,33)(H,30,31,34)/t13-,14-,17-,18-/m1/s1. The summed E-state index contributed by atoms with van der Waals surface area (Å²) < 4.78 is 21.5. The lowest BCUT2D eigenvalue weighted by Gasteiger charge is -2.29. The highest BCUT2D eigenvalue weighted by Crippen LogP contribution is 2.39. The molecule has 3 heterocycles. The molecule has 37 heavy (non-hydrogen) atoms. The van der Waals surface area contributed by atoms with Crippen molar-refractivity contribution >= 4 is 57.9 Å². The van der Waals surface area contributed by atoms with Crippen molar-refractivity contribution in [2.75, 3.05) is 23.8 Å². The number of imidazole rings is 1. The highest BCUT2D eigenvalue weighted by molar-refractivity contribution is 6.39. The van der Waals surface area contributed by atoms with Crippen molar-refractivity contribution < 1.29 is 13.9 Å². The second-order valence-corrected chi connectivity index (χ2v) is 10.1. The number of hydrogen-bond acceptors (Lipinski definition) is 8. The Morgan fingerprint density at radius 1 is 1.19 bits per heavy atom. The fourth-order valence-electron chi connectivity index (χ4n) is 4.91. The number of benzene rings is 1. The Morgan fingerprint density at radius 2 is 1.92 bits per heavy atom. The van der Waals surface area contributed by atoms with Crippen molar-refractivity contribution in [3.63, 3.8) is 0 Å². The first kappa shape index (κ1) is 25.4. The van der Waals surface area contributed by atoms with Gasteiger partial charge in [-0.25, -0.2) is 14.4 Å². The maximum atomic E-state index is 14.3. The summed E-state index contributed by atoms with van der Waals surface area (Å²) in [4.78, 5) is 25.5. The summed E-state index contributed by atoms with van der Waals surface area (Å²) in [5.41, 5.74) is 7.34. The Labute approximate surface area is 222 Å². The first-order valence-corrected chi connectivity index (χ1v) is 12.8. The zero-order valence-corrected chi connectivity index (χ0v) is 21.3. The SMILES string of the molecule is N#Cc1cc(Cl)c(Nc2nc3cnc(N[C@@H]4CCOC[C@H]4F)nc3n2[C@H]2CC[C@H](C(N)=O)CC2)c(Cl)c1. The molecule has 4 N–H and O–H groups in total. The van der Waals surface area contributed by atoms with Crippen LogP contribution in [0.25, 0.3) is 11.2 Å². The van der Waals surface area contributed by atoms with E-state index in [2.05, 4.69) is 15.6 Å². The first-order valence-electron chi connectivity index (χ1n) is 12.0. The van der Waals surface area contributed by atoms with E-state index in [1.165, 1.54) is 12.1 Å². The minimum Gasteiger partial charge on any atom is -0.378 e. The van der Waals surface area contributed by atoms with Crippen LogP contribution in [-0.2, 0) is 9.53 Å². The average molecular weight is 547 g/mol. The number of anilines is 3. The topological polar surface area (TPSA) is 144 Å². The molecule has 1 saturated carbocycles. The van der Waals surface area contributed by atoms with Crippen LogP contribution in [-0.4, -0.2) is 50.9 Å². The highest BCUT2D eigenvalue weighted by atomic mass is 35.5. The molecule has 0 bridgehead atoms. The molecule has 1 amide bonds. The van der Waals surface area contributed by atoms with Crippen molar-refractivity contribution in [3.8, 4) is 6.07 Å². The normalized spacial score (nSPS) is 23.9. The number of nitrogens with zero attached hydrogens (tertiary/aromatic N) is 5. The second-order valence-electron chi connectivity index (χ2n) is 9.30. The van der Waals surface area contributed by atoms with E-state index >= 15 is 0 Å². The zero-order chi connectivity index (χ0) is 26.1. The molecule has 2 atom stereocenters. The Bertz CT molecular complexity index is 1350. The van der Waals surface area contributed by atoms with Crippen molar-refractivity contribution in [2.24, 2.45) is 11.7 Å². The third-order valence-electron chi connectivity index (χ3n) is 6.91. The van der Waals surface area contributed by atoms with E-state index in [0.717, 1.165) is 0 Å². The number of nitriles is 1. The van der Waals surface area contributed by atoms with Crippen molar-refractivity contribution in [3.05, 3.63) is 33.9 Å². The molecule has 13 heteroatoms. The summed E-state index contributed by atoms with van der Waals surface area (Å²) in [6.07, 6.45) is 3.56. The molecule has 1 saturated heterocycles.